The fraction of sp³-hybridized carbons (Fsp3) is 0.426. The van der Waals surface area contributed by atoms with E-state index < -0.39 is 52.8 Å². The monoisotopic (exact) mass is 1010 g/mol. The number of halogens is 4. The molecule has 4 aromatic carbocycles. The fourth-order valence-corrected chi connectivity index (χ4v) is 12.8. The number of hydrogen-bond acceptors (Lipinski definition) is 11. The fourth-order valence-electron chi connectivity index (χ4n) is 8.73. The van der Waals surface area contributed by atoms with Gasteiger partial charge >= 0.3 is 5.51 Å². The molecule has 0 unspecified atom stereocenters. The van der Waals surface area contributed by atoms with Gasteiger partial charge in [-0.05, 0) is 109 Å². The highest BCUT2D eigenvalue weighted by Gasteiger charge is 2.49. The summed E-state index contributed by atoms with van der Waals surface area (Å²) in [5, 5.41) is 6.02. The van der Waals surface area contributed by atoms with Gasteiger partial charge in [0.15, 0.2) is 0 Å². The van der Waals surface area contributed by atoms with Crippen LogP contribution < -0.4 is 14.9 Å². The maximum atomic E-state index is 15.0. The predicted octanol–water partition coefficient (Wildman–Crippen LogP) is 9.25. The van der Waals surface area contributed by atoms with Crippen LogP contribution in [0.3, 0.4) is 0 Å². The first-order valence-electron chi connectivity index (χ1n) is 21.8. The smallest absolute Gasteiger partial charge is 0.379 e. The van der Waals surface area contributed by atoms with Gasteiger partial charge in [-0.3, -0.25) is 14.6 Å². The van der Waals surface area contributed by atoms with E-state index in [9.17, 15) is 30.0 Å². The summed E-state index contributed by atoms with van der Waals surface area (Å²) < 4.78 is 101. The molecule has 3 aliphatic rings. The van der Waals surface area contributed by atoms with Gasteiger partial charge in [0.05, 0.1) is 23.8 Å². The average Bonchev–Trinajstić information content (AvgIpc) is 3.28. The summed E-state index contributed by atoms with van der Waals surface area (Å²) in [6.07, 6.45) is 3.37. The maximum Gasteiger partial charge on any atom is 0.501 e. The number of carbonyl (C=O) groups is 1. The normalized spacial score (nSPS) is 18.3. The molecule has 0 bridgehead atoms. The number of nitrogens with two attached hydrogens (primary N) is 1. The molecule has 2 aliphatic heterocycles. The molecule has 1 atom stereocenters. The lowest BCUT2D eigenvalue weighted by Crippen LogP contribution is -2.47. The summed E-state index contributed by atoms with van der Waals surface area (Å²) in [7, 11) is -8.09. The minimum Gasteiger partial charge on any atom is -0.379 e. The average molecular weight is 1010 g/mol. The van der Waals surface area contributed by atoms with Crippen LogP contribution in [0, 0.1) is 5.41 Å². The Morgan fingerprint density at radius 3 is 2.18 bits per heavy atom. The highest BCUT2D eigenvalue weighted by atomic mass is 35.5. The summed E-state index contributed by atoms with van der Waals surface area (Å²) in [6.45, 7) is 11.1. The van der Waals surface area contributed by atoms with Crippen LogP contribution in [0.4, 0.5) is 24.5 Å². The number of sulfonamides is 1. The van der Waals surface area contributed by atoms with E-state index in [1.165, 1.54) is 38.3 Å². The summed E-state index contributed by atoms with van der Waals surface area (Å²) >= 11 is 6.22. The Morgan fingerprint density at radius 2 is 1.55 bits per heavy atom. The number of rotatable bonds is 16. The van der Waals surface area contributed by atoms with Crippen molar-refractivity contribution in [1.29, 1.82) is 0 Å². The number of benzene rings is 4. The number of primary sulfonamides is 1. The molecule has 7 rings (SSSR count). The lowest BCUT2D eigenvalue weighted by atomic mass is 9.73. The second kappa shape index (κ2) is 21.4. The van der Waals surface area contributed by atoms with Crippen molar-refractivity contribution < 1.29 is 39.5 Å². The number of hydrogen-bond donors (Lipinski definition) is 1. The molecule has 2 heterocycles. The number of anilines is 2. The first kappa shape index (κ1) is 50.3. The number of ether oxygens (including phenoxy) is 1. The maximum absolute atomic E-state index is 15.0. The van der Waals surface area contributed by atoms with Gasteiger partial charge in [0.25, 0.3) is 15.7 Å². The molecule has 0 aromatic heterocycles. The van der Waals surface area contributed by atoms with E-state index in [4.69, 9.17) is 21.5 Å². The third kappa shape index (κ3) is 12.5. The van der Waals surface area contributed by atoms with E-state index in [-0.39, 0.29) is 23.2 Å². The van der Waals surface area contributed by atoms with Gasteiger partial charge in [0.2, 0.25) is 10.0 Å². The predicted molar refractivity (Wildman–Crippen MR) is 259 cm³/mol. The minimum atomic E-state index is -6.21. The number of allylic oxidation sites excluding steroid dienone is 1. The molecular weight excluding hydrogens is 951 g/mol. The largest absolute Gasteiger partial charge is 0.501 e. The van der Waals surface area contributed by atoms with Crippen molar-refractivity contribution in [1.82, 2.24) is 9.80 Å². The summed E-state index contributed by atoms with van der Waals surface area (Å²) in [5.74, 6) is -0.568. The second-order valence-corrected chi connectivity index (χ2v) is 23.9. The standard InChI is InChI=1S/C47H55ClF3N5O6S4/c1-46(2)20-18-42(34-8-12-37(48)13-9-34)36(31-46)32-54-22-24-55(25-23-54)38-14-10-35(11-15-38)45(57)56(43-17-16-41(66(52,60)61)30-44(43)65(58,59)47(49,50)51)39(19-21-53-26-28-62-29-27-53)33-63-64-40-6-4-3-5-7-40/h3-17,30,39H,18-29,31-33H2,1-2H3,(H2,52,60,61)/t39-/m1/s1. The molecule has 356 valence electrons. The second-order valence-electron chi connectivity index (χ2n) is 17.6. The molecule has 4 aromatic rings. The topological polar surface area (TPSA) is 134 Å². The molecule has 2 saturated heterocycles. The van der Waals surface area contributed by atoms with Gasteiger partial charge in [-0.15, -0.1) is 0 Å². The Labute approximate surface area is 399 Å². The first-order chi connectivity index (χ1) is 31.3. The van der Waals surface area contributed by atoms with Gasteiger partial charge in [0, 0.05) is 85.3 Å². The molecule has 0 spiro atoms. The van der Waals surface area contributed by atoms with Crippen LogP contribution in [0.25, 0.3) is 5.57 Å². The number of piperazine rings is 1. The van der Waals surface area contributed by atoms with Crippen LogP contribution in [-0.2, 0) is 24.6 Å². The van der Waals surface area contributed by atoms with E-state index in [2.05, 4.69) is 40.7 Å². The zero-order valence-electron chi connectivity index (χ0n) is 36.9. The molecule has 2 N–H and O–H groups in total. The lowest BCUT2D eigenvalue weighted by molar-refractivity contribution is -0.0436. The first-order valence-corrected chi connectivity index (χ1v) is 27.5. The van der Waals surface area contributed by atoms with Gasteiger partial charge in [-0.25, -0.2) is 22.0 Å². The minimum absolute atomic E-state index is 0.113. The Balaban J connectivity index is 1.17. The van der Waals surface area contributed by atoms with Crippen molar-refractivity contribution >= 4 is 75.9 Å². The number of nitrogens with zero attached hydrogens (tertiary/aromatic N) is 4. The SMILES string of the molecule is CC1(C)CCC(c2ccc(Cl)cc2)=C(CN2CCN(c3ccc(C(=O)N(c4ccc(S(N)(=O)=O)cc4S(=O)(=O)C(F)(F)F)[C@H](CCN4CCOCC4)CSSc4ccccc4)cc3)CC2)C1. The highest BCUT2D eigenvalue weighted by molar-refractivity contribution is 8.76. The molecule has 1 aliphatic carbocycles. The van der Waals surface area contributed by atoms with Crippen molar-refractivity contribution in [2.24, 2.45) is 10.6 Å². The Hall–Kier alpha value is -3.59. The van der Waals surface area contributed by atoms with Crippen molar-refractivity contribution in [2.75, 3.05) is 81.1 Å². The van der Waals surface area contributed by atoms with E-state index in [1.54, 1.807) is 24.3 Å². The van der Waals surface area contributed by atoms with Gasteiger partial charge in [-0.1, -0.05) is 82.9 Å². The molecular formula is C47H55ClF3N5O6S4. The number of sulfone groups is 1. The van der Waals surface area contributed by atoms with Crippen LogP contribution in [0.15, 0.2) is 117 Å². The van der Waals surface area contributed by atoms with E-state index in [0.29, 0.717) is 43.9 Å². The quantitative estimate of drug-likeness (QED) is 0.108. The van der Waals surface area contributed by atoms with Crippen LogP contribution in [0.1, 0.15) is 55.5 Å². The number of carbonyl (C=O) groups excluding carboxylic acids is 1. The number of alkyl halides is 3. The van der Waals surface area contributed by atoms with Crippen molar-refractivity contribution in [3.63, 3.8) is 0 Å². The lowest BCUT2D eigenvalue weighted by Gasteiger charge is -2.39. The van der Waals surface area contributed by atoms with Crippen LogP contribution in [0.2, 0.25) is 5.02 Å². The third-order valence-corrected chi connectivity index (χ3v) is 17.5. The van der Waals surface area contributed by atoms with Crippen molar-refractivity contribution in [3.8, 4) is 0 Å². The van der Waals surface area contributed by atoms with E-state index in [1.807, 2.05) is 42.5 Å². The molecule has 0 saturated carbocycles. The van der Waals surface area contributed by atoms with E-state index in [0.717, 1.165) is 79.6 Å². The summed E-state index contributed by atoms with van der Waals surface area (Å²) in [5.41, 5.74) is -1.21. The van der Waals surface area contributed by atoms with Crippen LogP contribution in [0.5, 0.6) is 0 Å². The molecule has 66 heavy (non-hydrogen) atoms. The zero-order chi connectivity index (χ0) is 47.3. The van der Waals surface area contributed by atoms with Crippen LogP contribution in [-0.4, -0.2) is 115 Å². The Bertz CT molecular complexity index is 2570. The van der Waals surface area contributed by atoms with Gasteiger partial charge in [0.1, 0.15) is 4.90 Å². The van der Waals surface area contributed by atoms with Crippen LogP contribution >= 0.6 is 33.2 Å². The third-order valence-electron chi connectivity index (χ3n) is 12.4. The number of morpholine rings is 1. The number of amides is 1. The van der Waals surface area contributed by atoms with Gasteiger partial charge < -0.3 is 14.5 Å². The molecule has 11 nitrogen and oxygen atoms in total. The Morgan fingerprint density at radius 1 is 0.879 bits per heavy atom. The molecule has 19 heteroatoms. The Kier molecular flexibility index (Phi) is 16.3. The van der Waals surface area contributed by atoms with Crippen molar-refractivity contribution in [2.45, 2.75) is 65.8 Å². The van der Waals surface area contributed by atoms with E-state index >= 15 is 4.79 Å². The summed E-state index contributed by atoms with van der Waals surface area (Å²) in [6, 6.07) is 25.7. The molecule has 2 fully saturated rings. The molecule has 1 amide bonds. The summed E-state index contributed by atoms with van der Waals surface area (Å²) in [4.78, 5) is 21.6. The molecule has 0 radical (unpaired) electrons. The highest BCUT2D eigenvalue weighted by Crippen LogP contribution is 2.44. The van der Waals surface area contributed by atoms with Gasteiger partial charge in [-0.2, -0.15) is 13.2 Å². The van der Waals surface area contributed by atoms with Crippen molar-refractivity contribution in [3.05, 3.63) is 119 Å². The zero-order valence-corrected chi connectivity index (χ0v) is 40.9.